The van der Waals surface area contributed by atoms with Crippen LogP contribution in [-0.2, 0) is 16.1 Å². The van der Waals surface area contributed by atoms with Crippen LogP contribution in [0.3, 0.4) is 0 Å². The molecule has 9 nitrogen and oxygen atoms in total. The number of ether oxygens (including phenoxy) is 1. The van der Waals surface area contributed by atoms with Crippen LogP contribution >= 0.6 is 0 Å². The van der Waals surface area contributed by atoms with Gasteiger partial charge in [0.25, 0.3) is 0 Å². The highest BCUT2D eigenvalue weighted by Crippen LogP contribution is 2.22. The minimum atomic E-state index is -0.769. The fraction of sp³-hybridized carbons (Fsp3) is 0.160. The van der Waals surface area contributed by atoms with E-state index in [9.17, 15) is 9.59 Å². The average molecular weight is 457 g/mol. The molecule has 172 valence electrons. The molecule has 1 aromatic carbocycles. The Balaban J connectivity index is 1.60. The SMILES string of the molecule is C=CCn1c(C)cc(C(=O)COC(=O)/C(=C/c2ccco2)n2nnnc2-c2ccccc2)c1C. The molecule has 3 aromatic heterocycles. The van der Waals surface area contributed by atoms with E-state index in [0.717, 1.165) is 11.4 Å². The molecule has 0 radical (unpaired) electrons. The Morgan fingerprint density at radius 1 is 1.15 bits per heavy atom. The Morgan fingerprint density at radius 2 is 1.94 bits per heavy atom. The number of furan rings is 1. The van der Waals surface area contributed by atoms with Crippen LogP contribution in [0, 0.1) is 13.8 Å². The predicted molar refractivity (Wildman–Crippen MR) is 126 cm³/mol. The topological polar surface area (TPSA) is 105 Å². The average Bonchev–Trinajstić information content (AvgIpc) is 3.59. The summed E-state index contributed by atoms with van der Waals surface area (Å²) in [5.74, 6) is -0.335. The third-order valence-corrected chi connectivity index (χ3v) is 5.28. The number of rotatable bonds is 9. The van der Waals surface area contributed by atoms with Crippen LogP contribution in [0.15, 0.2) is 71.9 Å². The van der Waals surface area contributed by atoms with Crippen molar-refractivity contribution >= 4 is 23.5 Å². The minimum Gasteiger partial charge on any atom is -0.465 e. The zero-order valence-corrected chi connectivity index (χ0v) is 18.8. The van der Waals surface area contributed by atoms with Gasteiger partial charge in [-0.25, -0.2) is 4.79 Å². The van der Waals surface area contributed by atoms with Crippen molar-refractivity contribution in [1.29, 1.82) is 0 Å². The van der Waals surface area contributed by atoms with Gasteiger partial charge in [-0.1, -0.05) is 36.4 Å². The summed E-state index contributed by atoms with van der Waals surface area (Å²) in [6.07, 6.45) is 4.71. The lowest BCUT2D eigenvalue weighted by Gasteiger charge is -2.10. The highest BCUT2D eigenvalue weighted by Gasteiger charge is 2.23. The third-order valence-electron chi connectivity index (χ3n) is 5.28. The van der Waals surface area contributed by atoms with Crippen molar-refractivity contribution in [3.05, 3.63) is 90.2 Å². The first-order valence-corrected chi connectivity index (χ1v) is 10.6. The number of hydrogen-bond acceptors (Lipinski definition) is 7. The fourth-order valence-corrected chi connectivity index (χ4v) is 3.61. The summed E-state index contributed by atoms with van der Waals surface area (Å²) < 4.78 is 14.0. The number of ketones is 1. The lowest BCUT2D eigenvalue weighted by Crippen LogP contribution is -2.19. The zero-order chi connectivity index (χ0) is 24.1. The van der Waals surface area contributed by atoms with Crippen LogP contribution in [0.1, 0.15) is 27.5 Å². The van der Waals surface area contributed by atoms with Crippen molar-refractivity contribution in [1.82, 2.24) is 24.8 Å². The number of tetrazole rings is 1. The maximum absolute atomic E-state index is 13.1. The van der Waals surface area contributed by atoms with E-state index in [0.29, 0.717) is 29.3 Å². The minimum absolute atomic E-state index is 0.00346. The van der Waals surface area contributed by atoms with E-state index in [1.807, 2.05) is 48.7 Å². The Labute approximate surface area is 196 Å². The molecule has 0 aliphatic carbocycles. The molecule has 9 heteroatoms. The van der Waals surface area contributed by atoms with E-state index in [2.05, 4.69) is 22.1 Å². The van der Waals surface area contributed by atoms with Gasteiger partial charge in [-0.15, -0.1) is 11.7 Å². The van der Waals surface area contributed by atoms with Crippen molar-refractivity contribution < 1.29 is 18.7 Å². The first-order chi connectivity index (χ1) is 16.5. The molecule has 0 saturated carbocycles. The normalized spacial score (nSPS) is 11.4. The van der Waals surface area contributed by atoms with Gasteiger partial charge >= 0.3 is 5.97 Å². The number of Topliss-reactive ketones (excluding diaryl/α,β-unsaturated/α-hetero) is 1. The largest absolute Gasteiger partial charge is 0.465 e. The number of esters is 1. The number of nitrogens with zero attached hydrogens (tertiary/aromatic N) is 5. The molecular weight excluding hydrogens is 434 g/mol. The molecule has 0 N–H and O–H groups in total. The third kappa shape index (κ3) is 4.63. The van der Waals surface area contributed by atoms with Crippen molar-refractivity contribution in [2.45, 2.75) is 20.4 Å². The van der Waals surface area contributed by atoms with Crippen molar-refractivity contribution in [3.63, 3.8) is 0 Å². The molecule has 4 aromatic rings. The smallest absolute Gasteiger partial charge is 0.357 e. The predicted octanol–water partition coefficient (Wildman–Crippen LogP) is 3.96. The number of aryl methyl sites for hydroxylation is 1. The quantitative estimate of drug-likeness (QED) is 0.162. The number of benzene rings is 1. The highest BCUT2D eigenvalue weighted by atomic mass is 16.5. The monoisotopic (exact) mass is 457 g/mol. The van der Waals surface area contributed by atoms with Crippen molar-refractivity contribution in [2.24, 2.45) is 0 Å². The summed E-state index contributed by atoms with van der Waals surface area (Å²) in [6.45, 7) is 7.66. The van der Waals surface area contributed by atoms with Crippen molar-refractivity contribution in [3.8, 4) is 11.4 Å². The molecule has 34 heavy (non-hydrogen) atoms. The van der Waals surface area contributed by atoms with Crippen LogP contribution in [-0.4, -0.2) is 43.1 Å². The van der Waals surface area contributed by atoms with E-state index < -0.39 is 12.6 Å². The van der Waals surface area contributed by atoms with Crippen LogP contribution in [0.5, 0.6) is 0 Å². The molecule has 3 heterocycles. The van der Waals surface area contributed by atoms with E-state index in [1.54, 1.807) is 24.3 Å². The van der Waals surface area contributed by atoms with E-state index in [4.69, 9.17) is 9.15 Å². The van der Waals surface area contributed by atoms with Gasteiger partial charge in [-0.3, -0.25) is 4.79 Å². The summed E-state index contributed by atoms with van der Waals surface area (Å²) in [6, 6.07) is 14.3. The van der Waals surface area contributed by atoms with Crippen LogP contribution in [0.25, 0.3) is 23.2 Å². The summed E-state index contributed by atoms with van der Waals surface area (Å²) in [4.78, 5) is 26.0. The molecule has 0 aliphatic heterocycles. The lowest BCUT2D eigenvalue weighted by molar-refractivity contribution is -0.136. The standard InChI is InChI=1S/C25H23N5O4/c1-4-12-29-17(2)14-21(18(29)3)23(31)16-34-25(32)22(15-20-11-8-13-33-20)30-24(26-27-28-30)19-9-6-5-7-10-19/h4-11,13-15H,1,12,16H2,2-3H3/b22-15-. The molecule has 0 spiro atoms. The second-order valence-electron chi connectivity index (χ2n) is 7.51. The second kappa shape index (κ2) is 9.95. The van der Waals surface area contributed by atoms with Gasteiger partial charge < -0.3 is 13.7 Å². The van der Waals surface area contributed by atoms with Gasteiger partial charge in [0.2, 0.25) is 5.78 Å². The number of carbonyl (C=O) groups is 2. The fourth-order valence-electron chi connectivity index (χ4n) is 3.61. The zero-order valence-electron chi connectivity index (χ0n) is 18.8. The Hall–Kier alpha value is -4.53. The van der Waals surface area contributed by atoms with Crippen LogP contribution in [0.2, 0.25) is 0 Å². The molecular formula is C25H23N5O4. The molecule has 0 atom stereocenters. The van der Waals surface area contributed by atoms with Gasteiger partial charge in [0.1, 0.15) is 5.76 Å². The molecule has 0 aliphatic rings. The Bertz CT molecular complexity index is 1350. The maximum atomic E-state index is 13.1. The molecule has 0 unspecified atom stereocenters. The second-order valence-corrected chi connectivity index (χ2v) is 7.51. The maximum Gasteiger partial charge on any atom is 0.357 e. The molecule has 0 bridgehead atoms. The number of allylic oxidation sites excluding steroid dienone is 1. The Kier molecular flexibility index (Phi) is 6.63. The Morgan fingerprint density at radius 3 is 2.65 bits per heavy atom. The first kappa shape index (κ1) is 22.7. The molecule has 0 fully saturated rings. The van der Waals surface area contributed by atoms with E-state index in [-0.39, 0.29) is 11.5 Å². The number of hydrogen-bond donors (Lipinski definition) is 0. The van der Waals surface area contributed by atoms with Gasteiger partial charge in [0, 0.05) is 35.1 Å². The van der Waals surface area contributed by atoms with E-state index in [1.165, 1.54) is 17.0 Å². The molecule has 4 rings (SSSR count). The lowest BCUT2D eigenvalue weighted by atomic mass is 10.1. The van der Waals surface area contributed by atoms with Crippen molar-refractivity contribution in [2.75, 3.05) is 6.61 Å². The van der Waals surface area contributed by atoms with Crippen LogP contribution < -0.4 is 0 Å². The van der Waals surface area contributed by atoms with Gasteiger partial charge in [-0.2, -0.15) is 4.68 Å². The summed E-state index contributed by atoms with van der Waals surface area (Å²) >= 11 is 0. The molecule has 0 saturated heterocycles. The summed E-state index contributed by atoms with van der Waals surface area (Å²) in [5, 5.41) is 11.7. The summed E-state index contributed by atoms with van der Waals surface area (Å²) in [5.41, 5.74) is 2.92. The highest BCUT2D eigenvalue weighted by molar-refractivity contribution is 6.16. The van der Waals surface area contributed by atoms with Crippen LogP contribution in [0.4, 0.5) is 0 Å². The molecule has 0 amide bonds. The number of carbonyl (C=O) groups excluding carboxylic acids is 2. The first-order valence-electron chi connectivity index (χ1n) is 10.6. The van der Waals surface area contributed by atoms with Gasteiger partial charge in [0.05, 0.1) is 6.26 Å². The van der Waals surface area contributed by atoms with Gasteiger partial charge in [-0.05, 0) is 42.5 Å². The summed E-state index contributed by atoms with van der Waals surface area (Å²) in [7, 11) is 0. The van der Waals surface area contributed by atoms with Gasteiger partial charge in [0.15, 0.2) is 18.1 Å². The van der Waals surface area contributed by atoms with E-state index >= 15 is 0 Å². The number of aromatic nitrogens is 5.